The second-order valence-corrected chi connectivity index (χ2v) is 9.27. The summed E-state index contributed by atoms with van der Waals surface area (Å²) in [5.41, 5.74) is -5.23. The molecule has 2 rings (SSSR count). The van der Waals surface area contributed by atoms with Crippen LogP contribution in [0.4, 0.5) is 32.0 Å². The molecule has 0 atom stereocenters. The Morgan fingerprint density at radius 1 is 0.935 bits per heavy atom. The van der Waals surface area contributed by atoms with E-state index in [4.69, 9.17) is 0 Å². The third kappa shape index (κ3) is 4.70. The highest BCUT2D eigenvalue weighted by Crippen LogP contribution is 2.52. The Bertz CT molecular complexity index is 1060. The molecule has 1 amide bonds. The van der Waals surface area contributed by atoms with Gasteiger partial charge >= 0.3 is 12.4 Å². The number of carbonyl (C=O) groups is 1. The van der Waals surface area contributed by atoms with Crippen molar-refractivity contribution >= 4 is 21.4 Å². The van der Waals surface area contributed by atoms with Crippen molar-refractivity contribution in [2.45, 2.75) is 43.4 Å². The van der Waals surface area contributed by atoms with E-state index in [9.17, 15) is 39.6 Å². The summed E-state index contributed by atoms with van der Waals surface area (Å²) in [4.78, 5) is 11.4. The molecule has 0 aromatic heterocycles. The van der Waals surface area contributed by atoms with E-state index in [-0.39, 0.29) is 34.4 Å². The van der Waals surface area contributed by atoms with Crippen molar-refractivity contribution in [1.82, 2.24) is 0 Å². The molecule has 0 saturated carbocycles. The summed E-state index contributed by atoms with van der Waals surface area (Å²) < 4.78 is 105. The van der Waals surface area contributed by atoms with Crippen LogP contribution in [0.1, 0.15) is 26.3 Å². The number of halogens is 6. The minimum Gasteiger partial charge on any atom is -0.326 e. The van der Waals surface area contributed by atoms with E-state index in [1.807, 2.05) is 0 Å². The van der Waals surface area contributed by atoms with Crippen LogP contribution in [0.15, 0.2) is 47.4 Å². The first-order valence-corrected chi connectivity index (χ1v) is 10.6. The smallest absolute Gasteiger partial charge is 0.326 e. The van der Waals surface area contributed by atoms with E-state index < -0.39 is 39.1 Å². The summed E-state index contributed by atoms with van der Waals surface area (Å²) >= 11 is 0. The van der Waals surface area contributed by atoms with Crippen LogP contribution in [-0.4, -0.2) is 32.4 Å². The Labute approximate surface area is 175 Å². The predicted molar refractivity (Wildman–Crippen MR) is 103 cm³/mol. The second-order valence-electron chi connectivity index (χ2n) is 6.99. The third-order valence-corrected chi connectivity index (χ3v) is 6.70. The Morgan fingerprint density at radius 2 is 1.45 bits per heavy atom. The van der Waals surface area contributed by atoms with E-state index in [1.165, 1.54) is 31.2 Å². The summed E-state index contributed by atoms with van der Waals surface area (Å²) in [7, 11) is -3.56. The molecule has 0 bridgehead atoms. The molecule has 0 unspecified atom stereocenters. The minimum atomic E-state index is -5.64. The fourth-order valence-corrected chi connectivity index (χ4v) is 3.77. The van der Waals surface area contributed by atoms with Gasteiger partial charge in [-0.15, -0.1) is 0 Å². The van der Waals surface area contributed by atoms with Crippen LogP contribution in [0.2, 0.25) is 0 Å². The number of amides is 1. The van der Waals surface area contributed by atoms with Crippen LogP contribution in [0.5, 0.6) is 0 Å². The molecule has 0 heterocycles. The van der Waals surface area contributed by atoms with Gasteiger partial charge in [0.2, 0.25) is 5.91 Å². The number of rotatable bonds is 5. The minimum absolute atomic E-state index is 0.0194. The van der Waals surface area contributed by atoms with E-state index in [1.54, 1.807) is 0 Å². The highest BCUT2D eigenvalue weighted by Gasteiger charge is 2.68. The van der Waals surface area contributed by atoms with Crippen LogP contribution in [0.3, 0.4) is 0 Å². The number of nitrogens with one attached hydrogen (secondary N) is 1. The molecule has 0 spiro atoms. The third-order valence-electron chi connectivity index (χ3n) is 4.95. The second kappa shape index (κ2) is 8.18. The van der Waals surface area contributed by atoms with Gasteiger partial charge in [-0.25, -0.2) is 8.42 Å². The predicted octanol–water partition coefficient (Wildman–Crippen LogP) is 5.49. The lowest BCUT2D eigenvalue weighted by molar-refractivity contribution is -0.297. The highest BCUT2D eigenvalue weighted by molar-refractivity contribution is 7.91. The maximum Gasteiger partial charge on any atom is 0.406 e. The summed E-state index contributed by atoms with van der Waals surface area (Å²) in [6.45, 7) is 2.60. The lowest BCUT2D eigenvalue weighted by Gasteiger charge is -2.34. The lowest BCUT2D eigenvalue weighted by Crippen LogP contribution is -2.51. The molecule has 0 aliphatic carbocycles. The van der Waals surface area contributed by atoms with Crippen molar-refractivity contribution in [2.24, 2.45) is 0 Å². The van der Waals surface area contributed by atoms with Crippen molar-refractivity contribution in [3.05, 3.63) is 48.0 Å². The van der Waals surface area contributed by atoms with Crippen molar-refractivity contribution in [2.75, 3.05) is 11.1 Å². The topological polar surface area (TPSA) is 63.2 Å². The van der Waals surface area contributed by atoms with Crippen LogP contribution in [0.25, 0.3) is 11.1 Å². The average molecular weight is 467 g/mol. The molecular weight excluding hydrogens is 448 g/mol. The van der Waals surface area contributed by atoms with Gasteiger partial charge in [-0.3, -0.25) is 4.79 Å². The zero-order valence-electron chi connectivity index (χ0n) is 16.6. The molecule has 0 fully saturated rings. The number of anilines is 1. The maximum absolute atomic E-state index is 13.5. The molecular formula is C20H19F6NO3S. The molecule has 2 aromatic rings. The number of hydrogen-bond donors (Lipinski definition) is 1. The first-order chi connectivity index (χ1) is 14.0. The number of alkyl halides is 6. The van der Waals surface area contributed by atoms with Gasteiger partial charge in [-0.05, 0) is 42.3 Å². The highest BCUT2D eigenvalue weighted by atomic mass is 32.2. The molecule has 2 aromatic carbocycles. The quantitative estimate of drug-likeness (QED) is 0.592. The molecule has 1 N–H and O–H groups in total. The molecule has 0 saturated heterocycles. The molecule has 4 nitrogen and oxygen atoms in total. The van der Waals surface area contributed by atoms with Crippen LogP contribution in [-0.2, 0) is 20.0 Å². The SMILES string of the molecule is CCS(=O)(=O)c1ccc(-c2cc(C(C)(C(F)(F)F)C(F)(F)F)ccc2NC(C)=O)cc1. The molecule has 0 radical (unpaired) electrons. The Morgan fingerprint density at radius 3 is 1.87 bits per heavy atom. The fourth-order valence-electron chi connectivity index (χ4n) is 2.89. The first-order valence-electron chi connectivity index (χ1n) is 8.93. The Kier molecular flexibility index (Phi) is 6.52. The van der Waals surface area contributed by atoms with E-state index in [0.717, 1.165) is 13.0 Å². The molecule has 170 valence electrons. The van der Waals surface area contributed by atoms with Gasteiger partial charge in [0.05, 0.1) is 10.6 Å². The zero-order chi connectivity index (χ0) is 23.8. The lowest BCUT2D eigenvalue weighted by atomic mass is 9.79. The molecule has 0 aliphatic rings. The monoisotopic (exact) mass is 467 g/mol. The van der Waals surface area contributed by atoms with E-state index in [0.29, 0.717) is 12.1 Å². The van der Waals surface area contributed by atoms with E-state index in [2.05, 4.69) is 5.32 Å². The normalized spacial score (nSPS) is 13.2. The van der Waals surface area contributed by atoms with Gasteiger partial charge in [0.25, 0.3) is 0 Å². The summed E-state index contributed by atoms with van der Waals surface area (Å²) in [6, 6.07) is 7.23. The standard InChI is InChI=1S/C20H19F6NO3S/c1-4-31(29,30)15-8-5-13(6-9-15)16-11-14(7-10-17(16)27-12(2)28)18(3,19(21,22)23)20(24,25)26/h5-11H,4H2,1-3H3,(H,27,28). The van der Waals surface area contributed by atoms with Crippen LogP contribution in [0, 0.1) is 0 Å². The van der Waals surface area contributed by atoms with Crippen molar-refractivity contribution in [3.8, 4) is 11.1 Å². The molecule has 31 heavy (non-hydrogen) atoms. The summed E-state index contributed by atoms with van der Waals surface area (Å²) in [5, 5.41) is 2.36. The van der Waals surface area contributed by atoms with Gasteiger partial charge in [0.1, 0.15) is 0 Å². The van der Waals surface area contributed by atoms with Crippen LogP contribution < -0.4 is 5.32 Å². The first kappa shape index (κ1) is 24.7. The van der Waals surface area contributed by atoms with Crippen molar-refractivity contribution < 1.29 is 39.6 Å². The molecule has 0 aliphatic heterocycles. The zero-order valence-corrected chi connectivity index (χ0v) is 17.5. The largest absolute Gasteiger partial charge is 0.406 e. The Hall–Kier alpha value is -2.56. The van der Waals surface area contributed by atoms with Crippen LogP contribution >= 0.6 is 0 Å². The Balaban J connectivity index is 2.75. The number of hydrogen-bond acceptors (Lipinski definition) is 3. The number of sulfone groups is 1. The van der Waals surface area contributed by atoms with Gasteiger partial charge in [-0.2, -0.15) is 26.3 Å². The number of carbonyl (C=O) groups excluding carboxylic acids is 1. The van der Waals surface area contributed by atoms with Gasteiger partial charge in [-0.1, -0.05) is 25.1 Å². The number of benzene rings is 2. The summed E-state index contributed by atoms with van der Waals surface area (Å²) in [6.07, 6.45) is -11.3. The summed E-state index contributed by atoms with van der Waals surface area (Å²) in [5.74, 6) is -0.775. The van der Waals surface area contributed by atoms with E-state index >= 15 is 0 Å². The molecule has 11 heteroatoms. The van der Waals surface area contributed by atoms with Gasteiger partial charge < -0.3 is 5.32 Å². The van der Waals surface area contributed by atoms with Crippen molar-refractivity contribution in [3.63, 3.8) is 0 Å². The fraction of sp³-hybridized carbons (Fsp3) is 0.350. The average Bonchev–Trinajstić information content (AvgIpc) is 2.65. The van der Waals surface area contributed by atoms with Gasteiger partial charge in [0, 0.05) is 18.2 Å². The van der Waals surface area contributed by atoms with Gasteiger partial charge in [0.15, 0.2) is 15.3 Å². The maximum atomic E-state index is 13.5. The van der Waals surface area contributed by atoms with Crippen molar-refractivity contribution in [1.29, 1.82) is 0 Å².